The Hall–Kier alpha value is -5.96. The highest BCUT2D eigenvalue weighted by Crippen LogP contribution is 2.15. The number of carbonyl (C=O) groups is 2. The van der Waals surface area contributed by atoms with Crippen LogP contribution in [-0.2, 0) is 13.2 Å². The van der Waals surface area contributed by atoms with E-state index in [0.29, 0.717) is 13.2 Å². The Bertz CT molecular complexity index is 1560. The fourth-order valence-electron chi connectivity index (χ4n) is 3.81. The highest BCUT2D eigenvalue weighted by Gasteiger charge is 2.15. The summed E-state index contributed by atoms with van der Waals surface area (Å²) in [6.07, 6.45) is 2.98. The number of rotatable bonds is 12. The molecule has 0 aliphatic heterocycles. The number of nitrogens with zero attached hydrogens (tertiary/aromatic N) is 2. The molecule has 0 fully saturated rings. The van der Waals surface area contributed by atoms with E-state index in [-0.39, 0.29) is 11.5 Å². The predicted octanol–water partition coefficient (Wildman–Crippen LogP) is 5.97. The first-order valence-electron chi connectivity index (χ1n) is 13.4. The minimum absolute atomic E-state index is 0.0676. The van der Waals surface area contributed by atoms with Gasteiger partial charge >= 0.3 is 11.8 Å². The van der Waals surface area contributed by atoms with Crippen LogP contribution in [0.3, 0.4) is 0 Å². The van der Waals surface area contributed by atoms with Gasteiger partial charge in [0, 0.05) is 0 Å². The summed E-state index contributed by atoms with van der Waals surface area (Å²) in [6.45, 7) is 0.943. The van der Waals surface area contributed by atoms with Gasteiger partial charge in [-0.1, -0.05) is 60.7 Å². The number of nitrogens with one attached hydrogen (secondary N) is 2. The average Bonchev–Trinajstić information content (AvgIpc) is 3.56. The molecule has 0 spiro atoms. The summed E-state index contributed by atoms with van der Waals surface area (Å²) in [7, 11) is 0. The minimum Gasteiger partial charge on any atom is -0.489 e. The molecule has 0 saturated carbocycles. The summed E-state index contributed by atoms with van der Waals surface area (Å²) in [5.74, 6) is 0.104. The first kappa shape index (κ1) is 28.6. The second-order valence-electron chi connectivity index (χ2n) is 9.25. The van der Waals surface area contributed by atoms with Crippen LogP contribution in [0.15, 0.2) is 136 Å². The van der Waals surface area contributed by atoms with Gasteiger partial charge < -0.3 is 13.9 Å². The Balaban J connectivity index is 1.04. The minimum atomic E-state index is -0.601. The van der Waals surface area contributed by atoms with E-state index in [1.165, 1.54) is 24.6 Å². The molecule has 5 rings (SSSR count). The zero-order valence-electron chi connectivity index (χ0n) is 23.1. The molecule has 43 heavy (non-hydrogen) atoms. The van der Waals surface area contributed by atoms with E-state index in [1.54, 1.807) is 0 Å². The van der Waals surface area contributed by atoms with E-state index in [1.807, 2.05) is 109 Å². The second kappa shape index (κ2) is 14.6. The fraction of sp³-hybridized carbons (Fsp3) is 0.0588. The van der Waals surface area contributed by atoms with Gasteiger partial charge in [0.1, 0.15) is 24.7 Å². The lowest BCUT2D eigenvalue weighted by atomic mass is 10.2. The maximum absolute atomic E-state index is 12.4. The number of hydrazone groups is 2. The molecule has 0 aliphatic carbocycles. The summed E-state index contributed by atoms with van der Waals surface area (Å²) < 4.78 is 16.9. The predicted molar refractivity (Wildman–Crippen MR) is 163 cm³/mol. The Labute approximate surface area is 248 Å². The third-order valence-corrected chi connectivity index (χ3v) is 6.07. The number of amides is 2. The van der Waals surface area contributed by atoms with Gasteiger partial charge in [-0.3, -0.25) is 9.59 Å². The number of carbonyl (C=O) groups excluding carboxylic acids is 2. The molecule has 0 aliphatic rings. The third-order valence-electron chi connectivity index (χ3n) is 6.07. The molecule has 5 aromatic rings. The maximum Gasteiger partial charge on any atom is 0.307 e. The number of ether oxygens (including phenoxy) is 2. The molecule has 1 aromatic heterocycles. The standard InChI is InChI=1S/C34H28N4O5/c39-33(37-35-21-25-11-15-29(16-12-25)41-23-27-7-3-1-4-8-27)31-19-20-32(43-31)34(40)38-36-22-26-13-17-30(18-14-26)42-24-28-9-5-2-6-10-28/h1-22H,23-24H2,(H,37,39)(H,38,40)/b35-21+,36-22+. The van der Waals surface area contributed by atoms with Crippen molar-refractivity contribution in [2.45, 2.75) is 13.2 Å². The van der Waals surface area contributed by atoms with Crippen LogP contribution in [0.1, 0.15) is 43.4 Å². The normalized spacial score (nSPS) is 11.0. The van der Waals surface area contributed by atoms with Crippen molar-refractivity contribution >= 4 is 24.2 Å². The third kappa shape index (κ3) is 8.76. The maximum atomic E-state index is 12.4. The highest BCUT2D eigenvalue weighted by molar-refractivity contribution is 5.96. The first-order valence-corrected chi connectivity index (χ1v) is 13.4. The van der Waals surface area contributed by atoms with Gasteiger partial charge in [-0.25, -0.2) is 10.9 Å². The van der Waals surface area contributed by atoms with Gasteiger partial charge in [-0.15, -0.1) is 0 Å². The van der Waals surface area contributed by atoms with E-state index in [4.69, 9.17) is 13.9 Å². The van der Waals surface area contributed by atoms with E-state index in [0.717, 1.165) is 33.8 Å². The number of hydrogen-bond acceptors (Lipinski definition) is 7. The SMILES string of the molecule is O=C(N/N=C/c1ccc(OCc2ccccc2)cc1)c1ccc(C(=O)N/N=C/c2ccc(OCc3ccccc3)cc2)o1. The van der Waals surface area contributed by atoms with E-state index >= 15 is 0 Å². The molecule has 0 unspecified atom stereocenters. The lowest BCUT2D eigenvalue weighted by molar-refractivity contribution is 0.0902. The smallest absolute Gasteiger partial charge is 0.307 e. The summed E-state index contributed by atoms with van der Waals surface area (Å²) in [4.78, 5) is 24.8. The molecular formula is C34H28N4O5. The molecule has 0 radical (unpaired) electrons. The monoisotopic (exact) mass is 572 g/mol. The van der Waals surface area contributed by atoms with Crippen LogP contribution in [0, 0.1) is 0 Å². The van der Waals surface area contributed by atoms with Crippen molar-refractivity contribution < 1.29 is 23.5 Å². The van der Waals surface area contributed by atoms with Crippen LogP contribution in [0.25, 0.3) is 0 Å². The molecule has 0 bridgehead atoms. The zero-order chi connectivity index (χ0) is 29.7. The lowest BCUT2D eigenvalue weighted by Gasteiger charge is -2.06. The van der Waals surface area contributed by atoms with Crippen molar-refractivity contribution in [1.29, 1.82) is 0 Å². The number of hydrogen-bond donors (Lipinski definition) is 2. The van der Waals surface area contributed by atoms with Gasteiger partial charge in [-0.05, 0) is 82.9 Å². The van der Waals surface area contributed by atoms with Crippen molar-refractivity contribution in [3.05, 3.63) is 155 Å². The van der Waals surface area contributed by atoms with Crippen molar-refractivity contribution in [1.82, 2.24) is 10.9 Å². The Morgan fingerprint density at radius 3 is 1.35 bits per heavy atom. The molecule has 1 heterocycles. The molecule has 214 valence electrons. The Kier molecular flexibility index (Phi) is 9.70. The first-order chi connectivity index (χ1) is 21.1. The molecular weight excluding hydrogens is 544 g/mol. The van der Waals surface area contributed by atoms with Gasteiger partial charge in [0.2, 0.25) is 0 Å². The molecule has 0 saturated heterocycles. The number of benzene rings is 4. The van der Waals surface area contributed by atoms with Crippen molar-refractivity contribution in [3.63, 3.8) is 0 Å². The lowest BCUT2D eigenvalue weighted by Crippen LogP contribution is -2.18. The summed E-state index contributed by atoms with van der Waals surface area (Å²) in [5, 5.41) is 7.91. The van der Waals surface area contributed by atoms with Crippen LogP contribution < -0.4 is 20.3 Å². The van der Waals surface area contributed by atoms with Crippen molar-refractivity contribution in [2.75, 3.05) is 0 Å². The molecule has 2 N–H and O–H groups in total. The topological polar surface area (TPSA) is 115 Å². The van der Waals surface area contributed by atoms with Crippen LogP contribution in [0.4, 0.5) is 0 Å². The van der Waals surface area contributed by atoms with Gasteiger partial charge in [0.25, 0.3) is 0 Å². The average molecular weight is 573 g/mol. The molecule has 9 heteroatoms. The second-order valence-corrected chi connectivity index (χ2v) is 9.25. The summed E-state index contributed by atoms with van der Waals surface area (Å²) >= 11 is 0. The van der Waals surface area contributed by atoms with Crippen LogP contribution in [-0.4, -0.2) is 24.2 Å². The van der Waals surface area contributed by atoms with Crippen molar-refractivity contribution in [2.24, 2.45) is 10.2 Å². The number of furan rings is 1. The van der Waals surface area contributed by atoms with E-state index in [9.17, 15) is 9.59 Å². The summed E-state index contributed by atoms with van der Waals surface area (Å²) in [6, 6.07) is 37.1. The van der Waals surface area contributed by atoms with Crippen LogP contribution in [0.5, 0.6) is 11.5 Å². The largest absolute Gasteiger partial charge is 0.489 e. The van der Waals surface area contributed by atoms with E-state index in [2.05, 4.69) is 21.1 Å². The fourth-order valence-corrected chi connectivity index (χ4v) is 3.81. The van der Waals surface area contributed by atoms with Gasteiger partial charge in [-0.2, -0.15) is 10.2 Å². The molecule has 4 aromatic carbocycles. The Morgan fingerprint density at radius 1 is 0.558 bits per heavy atom. The zero-order valence-corrected chi connectivity index (χ0v) is 23.1. The molecule has 0 atom stereocenters. The van der Waals surface area contributed by atoms with Crippen LogP contribution >= 0.6 is 0 Å². The highest BCUT2D eigenvalue weighted by atomic mass is 16.5. The molecule has 9 nitrogen and oxygen atoms in total. The quantitative estimate of drug-likeness (QED) is 0.141. The van der Waals surface area contributed by atoms with Gasteiger partial charge in [0.15, 0.2) is 11.5 Å². The van der Waals surface area contributed by atoms with Crippen LogP contribution in [0.2, 0.25) is 0 Å². The molecule has 2 amide bonds. The van der Waals surface area contributed by atoms with Gasteiger partial charge in [0.05, 0.1) is 12.4 Å². The summed E-state index contributed by atoms with van der Waals surface area (Å²) in [5.41, 5.74) is 8.45. The van der Waals surface area contributed by atoms with E-state index < -0.39 is 11.8 Å². The Morgan fingerprint density at radius 2 is 0.953 bits per heavy atom. The van der Waals surface area contributed by atoms with Crippen molar-refractivity contribution in [3.8, 4) is 11.5 Å².